The van der Waals surface area contributed by atoms with Crippen molar-refractivity contribution in [1.29, 1.82) is 0 Å². The maximum atomic E-state index is 13.2. The summed E-state index contributed by atoms with van der Waals surface area (Å²) in [5.41, 5.74) is 1.55. The Morgan fingerprint density at radius 1 is 0.931 bits per heavy atom. The van der Waals surface area contributed by atoms with Gasteiger partial charge in [-0.15, -0.1) is 0 Å². The highest BCUT2D eigenvalue weighted by molar-refractivity contribution is 5.86. The number of ether oxygens (including phenoxy) is 1. The maximum Gasteiger partial charge on any atom is 0.299 e. The Kier molecular flexibility index (Phi) is 4.87. The molecule has 3 saturated heterocycles. The number of rotatable bonds is 3. The number of oxazole rings is 1. The number of benzene rings is 1. The standard InChI is InChI=1S/C21H26N4O4/c26-19(23-10-12-24(13-11-23)20(27)18-8-4-14-28-18)16-6-3-9-25(16)21-22-15-5-1-2-7-17(15)29-21/h1-2,5,7,16,18H,3-4,6,8-14H2. The van der Waals surface area contributed by atoms with Crippen LogP contribution in [0, 0.1) is 0 Å². The van der Waals surface area contributed by atoms with Crippen molar-refractivity contribution in [1.82, 2.24) is 14.8 Å². The fourth-order valence-electron chi connectivity index (χ4n) is 4.57. The van der Waals surface area contributed by atoms with Crippen LogP contribution in [0.2, 0.25) is 0 Å². The number of amides is 2. The van der Waals surface area contributed by atoms with E-state index in [0.717, 1.165) is 43.3 Å². The van der Waals surface area contributed by atoms with E-state index in [-0.39, 0.29) is 24.0 Å². The first-order valence-electron chi connectivity index (χ1n) is 10.5. The zero-order valence-corrected chi connectivity index (χ0v) is 16.5. The second kappa shape index (κ2) is 7.67. The number of fused-ring (bicyclic) bond motifs is 1. The lowest BCUT2D eigenvalue weighted by atomic mass is 10.1. The van der Waals surface area contributed by atoms with E-state index >= 15 is 0 Å². The van der Waals surface area contributed by atoms with Gasteiger partial charge in [-0.1, -0.05) is 12.1 Å². The molecule has 0 bridgehead atoms. The number of piperazine rings is 1. The van der Waals surface area contributed by atoms with E-state index in [1.54, 1.807) is 0 Å². The molecule has 5 rings (SSSR count). The molecule has 3 aliphatic heterocycles. The predicted octanol–water partition coefficient (Wildman–Crippen LogP) is 1.65. The topological polar surface area (TPSA) is 79.1 Å². The second-order valence-corrected chi connectivity index (χ2v) is 7.97. The Morgan fingerprint density at radius 3 is 2.41 bits per heavy atom. The summed E-state index contributed by atoms with van der Waals surface area (Å²) in [4.78, 5) is 36.0. The Bertz CT molecular complexity index is 866. The van der Waals surface area contributed by atoms with Crippen molar-refractivity contribution in [3.63, 3.8) is 0 Å². The molecule has 2 amide bonds. The smallest absolute Gasteiger partial charge is 0.299 e. The van der Waals surface area contributed by atoms with Gasteiger partial charge in [0.05, 0.1) is 0 Å². The molecule has 8 nitrogen and oxygen atoms in total. The third kappa shape index (κ3) is 3.46. The molecule has 8 heteroatoms. The molecule has 0 N–H and O–H groups in total. The summed E-state index contributed by atoms with van der Waals surface area (Å²) >= 11 is 0. The summed E-state index contributed by atoms with van der Waals surface area (Å²) in [5.74, 6) is 0.178. The summed E-state index contributed by atoms with van der Waals surface area (Å²) in [6, 6.07) is 7.93. The molecular weight excluding hydrogens is 372 g/mol. The first-order valence-corrected chi connectivity index (χ1v) is 10.5. The molecule has 3 fully saturated rings. The van der Waals surface area contributed by atoms with Crippen molar-refractivity contribution in [2.75, 3.05) is 44.2 Å². The summed E-state index contributed by atoms with van der Waals surface area (Å²) in [6.07, 6.45) is 3.20. The summed E-state index contributed by atoms with van der Waals surface area (Å²) in [7, 11) is 0. The number of carbonyl (C=O) groups is 2. The molecule has 2 atom stereocenters. The minimum atomic E-state index is -0.290. The van der Waals surface area contributed by atoms with Crippen LogP contribution in [0.3, 0.4) is 0 Å². The molecule has 0 saturated carbocycles. The van der Waals surface area contributed by atoms with Gasteiger partial charge in [0.2, 0.25) is 5.91 Å². The lowest BCUT2D eigenvalue weighted by molar-refractivity contribution is -0.146. The number of anilines is 1. The van der Waals surface area contributed by atoms with Gasteiger partial charge in [0, 0.05) is 39.3 Å². The Hall–Kier alpha value is -2.61. The Labute approximate surface area is 169 Å². The second-order valence-electron chi connectivity index (χ2n) is 7.97. The highest BCUT2D eigenvalue weighted by atomic mass is 16.5. The van der Waals surface area contributed by atoms with E-state index in [2.05, 4.69) is 4.98 Å². The molecule has 0 radical (unpaired) electrons. The van der Waals surface area contributed by atoms with E-state index in [1.807, 2.05) is 39.0 Å². The normalized spacial score (nSPS) is 25.2. The monoisotopic (exact) mass is 398 g/mol. The fourth-order valence-corrected chi connectivity index (χ4v) is 4.57. The number of hydrogen-bond acceptors (Lipinski definition) is 6. The van der Waals surface area contributed by atoms with Crippen LogP contribution in [0.15, 0.2) is 28.7 Å². The van der Waals surface area contributed by atoms with Crippen molar-refractivity contribution in [3.8, 4) is 0 Å². The van der Waals surface area contributed by atoms with Crippen LogP contribution in [0.4, 0.5) is 6.01 Å². The number of aromatic nitrogens is 1. The minimum Gasteiger partial charge on any atom is -0.423 e. The first-order chi connectivity index (χ1) is 14.2. The average molecular weight is 398 g/mol. The van der Waals surface area contributed by atoms with Gasteiger partial charge in [0.1, 0.15) is 17.7 Å². The lowest BCUT2D eigenvalue weighted by Crippen LogP contribution is -2.56. The van der Waals surface area contributed by atoms with Crippen molar-refractivity contribution in [2.24, 2.45) is 0 Å². The molecule has 29 heavy (non-hydrogen) atoms. The lowest BCUT2D eigenvalue weighted by Gasteiger charge is -2.37. The van der Waals surface area contributed by atoms with Gasteiger partial charge in [-0.2, -0.15) is 4.98 Å². The Balaban J connectivity index is 1.24. The molecular formula is C21H26N4O4. The van der Waals surface area contributed by atoms with Gasteiger partial charge in [-0.05, 0) is 37.8 Å². The number of nitrogens with zero attached hydrogens (tertiary/aromatic N) is 4. The third-order valence-electron chi connectivity index (χ3n) is 6.17. The molecule has 0 spiro atoms. The molecule has 2 aromatic rings. The van der Waals surface area contributed by atoms with E-state index in [4.69, 9.17) is 9.15 Å². The van der Waals surface area contributed by atoms with Crippen molar-refractivity contribution >= 4 is 28.9 Å². The van der Waals surface area contributed by atoms with E-state index < -0.39 is 0 Å². The van der Waals surface area contributed by atoms with Crippen LogP contribution in [-0.2, 0) is 14.3 Å². The van der Waals surface area contributed by atoms with E-state index in [9.17, 15) is 9.59 Å². The SMILES string of the molecule is O=C(C1CCCO1)N1CCN(C(=O)C2CCCN2c2nc3ccccc3o2)CC1. The number of hydrogen-bond donors (Lipinski definition) is 0. The minimum absolute atomic E-state index is 0.0727. The van der Waals surface area contributed by atoms with Crippen molar-refractivity contribution in [3.05, 3.63) is 24.3 Å². The van der Waals surface area contributed by atoms with E-state index in [1.165, 1.54) is 0 Å². The molecule has 2 unspecified atom stereocenters. The van der Waals surface area contributed by atoms with Crippen LogP contribution >= 0.6 is 0 Å². The van der Waals surface area contributed by atoms with Gasteiger partial charge in [0.15, 0.2) is 5.58 Å². The van der Waals surface area contributed by atoms with Crippen molar-refractivity contribution < 1.29 is 18.7 Å². The quantitative estimate of drug-likeness (QED) is 0.782. The van der Waals surface area contributed by atoms with Crippen LogP contribution < -0.4 is 4.90 Å². The molecule has 4 heterocycles. The van der Waals surface area contributed by atoms with Crippen LogP contribution in [0.1, 0.15) is 25.7 Å². The molecule has 3 aliphatic rings. The molecule has 154 valence electrons. The fraction of sp³-hybridized carbons (Fsp3) is 0.571. The highest BCUT2D eigenvalue weighted by Gasteiger charge is 2.38. The van der Waals surface area contributed by atoms with Gasteiger partial charge in [-0.3, -0.25) is 9.59 Å². The van der Waals surface area contributed by atoms with Crippen LogP contribution in [0.25, 0.3) is 11.1 Å². The molecule has 1 aromatic heterocycles. The zero-order chi connectivity index (χ0) is 19.8. The Morgan fingerprint density at radius 2 is 1.69 bits per heavy atom. The zero-order valence-electron chi connectivity index (χ0n) is 16.5. The van der Waals surface area contributed by atoms with Crippen molar-refractivity contribution in [2.45, 2.75) is 37.8 Å². The molecule has 1 aromatic carbocycles. The summed E-state index contributed by atoms with van der Waals surface area (Å²) in [5, 5.41) is 0. The number of para-hydroxylation sites is 2. The summed E-state index contributed by atoms with van der Waals surface area (Å²) < 4.78 is 11.4. The predicted molar refractivity (Wildman–Crippen MR) is 107 cm³/mol. The molecule has 0 aliphatic carbocycles. The third-order valence-corrected chi connectivity index (χ3v) is 6.17. The van der Waals surface area contributed by atoms with Crippen LogP contribution in [-0.4, -0.2) is 78.1 Å². The van der Waals surface area contributed by atoms with Crippen LogP contribution in [0.5, 0.6) is 0 Å². The van der Waals surface area contributed by atoms with E-state index in [0.29, 0.717) is 38.8 Å². The van der Waals surface area contributed by atoms with Gasteiger partial charge >= 0.3 is 0 Å². The summed E-state index contributed by atoms with van der Waals surface area (Å²) in [6.45, 7) is 3.70. The first kappa shape index (κ1) is 18.4. The largest absolute Gasteiger partial charge is 0.423 e. The average Bonchev–Trinajstić information content (AvgIpc) is 3.52. The maximum absolute atomic E-state index is 13.2. The van der Waals surface area contributed by atoms with Gasteiger partial charge in [0.25, 0.3) is 11.9 Å². The van der Waals surface area contributed by atoms with Gasteiger partial charge in [-0.25, -0.2) is 0 Å². The highest BCUT2D eigenvalue weighted by Crippen LogP contribution is 2.29. The van der Waals surface area contributed by atoms with Gasteiger partial charge < -0.3 is 23.9 Å². The number of carbonyl (C=O) groups excluding carboxylic acids is 2.